The van der Waals surface area contributed by atoms with Gasteiger partial charge in [0.05, 0.1) is 0 Å². The van der Waals surface area contributed by atoms with Crippen molar-refractivity contribution in [2.75, 3.05) is 0 Å². The smallest absolute Gasteiger partial charge is 1.00 e. The summed E-state index contributed by atoms with van der Waals surface area (Å²) < 4.78 is 0. The third kappa shape index (κ3) is 9.11. The first-order valence-corrected chi connectivity index (χ1v) is 4.95. The van der Waals surface area contributed by atoms with Crippen LogP contribution in [0.2, 0.25) is 0 Å². The van der Waals surface area contributed by atoms with E-state index in [0.717, 1.165) is 0 Å². The van der Waals surface area contributed by atoms with Crippen LogP contribution in [0.25, 0.3) is 0 Å². The van der Waals surface area contributed by atoms with E-state index < -0.39 is 17.9 Å². The van der Waals surface area contributed by atoms with Gasteiger partial charge in [-0.2, -0.15) is 0 Å². The van der Waals surface area contributed by atoms with E-state index in [-0.39, 0.29) is 55.6 Å². The minimum Gasteiger partial charge on any atom is -1.00 e. The van der Waals surface area contributed by atoms with E-state index in [2.05, 4.69) is 14.5 Å². The van der Waals surface area contributed by atoms with Crippen molar-refractivity contribution in [1.29, 1.82) is 0 Å². The topological polar surface area (TPSA) is 82.1 Å². The minimum absolute atomic E-state index is 0. The van der Waals surface area contributed by atoms with Crippen LogP contribution in [0.1, 0.15) is 41.5 Å². The van der Waals surface area contributed by atoms with E-state index in [1.165, 1.54) is 0 Å². The third-order valence-corrected chi connectivity index (χ3v) is 1.40. The van der Waals surface area contributed by atoms with Gasteiger partial charge in [0.25, 0.3) is 0 Å². The van der Waals surface area contributed by atoms with Crippen LogP contribution in [-0.4, -0.2) is 23.3 Å². The van der Waals surface area contributed by atoms with Gasteiger partial charge in [0.2, 0.25) is 5.39 Å². The summed E-state index contributed by atoms with van der Waals surface area (Å²) in [6.07, 6.45) is 0.178. The monoisotopic (exact) mass is 257 g/mol. The molecular formula is C9H16NNaO6. The first-order chi connectivity index (χ1) is 7.53. The molecule has 0 aliphatic carbocycles. The molecule has 0 saturated carbocycles. The second kappa shape index (κ2) is 10.5. The second-order valence-electron chi connectivity index (χ2n) is 2.67. The maximum Gasteiger partial charge on any atom is 1.00 e. The van der Waals surface area contributed by atoms with Crippen LogP contribution in [0.4, 0.5) is 0 Å². The van der Waals surface area contributed by atoms with E-state index in [0.29, 0.717) is 0 Å². The zero-order valence-corrected chi connectivity index (χ0v) is 12.5. The first-order valence-electron chi connectivity index (χ1n) is 4.95. The van der Waals surface area contributed by atoms with E-state index in [4.69, 9.17) is 0 Å². The molecule has 0 aromatic carbocycles. The molecule has 17 heavy (non-hydrogen) atoms. The fraction of sp³-hybridized carbons (Fsp3) is 0.667. The summed E-state index contributed by atoms with van der Waals surface area (Å²) in [4.78, 5) is 46.1. The molecule has 0 aliphatic heterocycles. The van der Waals surface area contributed by atoms with E-state index in [9.17, 15) is 14.4 Å². The van der Waals surface area contributed by atoms with Gasteiger partial charge in [-0.25, -0.2) is 0 Å². The maximum absolute atomic E-state index is 10.9. The predicted octanol–water partition coefficient (Wildman–Crippen LogP) is -1.99. The predicted molar refractivity (Wildman–Crippen MR) is 52.1 cm³/mol. The summed E-state index contributed by atoms with van der Waals surface area (Å²) in [5, 5.41) is 0.142. The molecule has 0 unspecified atom stereocenters. The average Bonchev–Trinajstić information content (AvgIpc) is 2.28. The Bertz CT molecular complexity index is 233. The minimum atomic E-state index is -0.687. The quantitative estimate of drug-likeness (QED) is 0.402. The Labute approximate surface area is 123 Å². The molecule has 8 heteroatoms. The molecule has 7 nitrogen and oxygen atoms in total. The number of carbonyl (C=O) groups is 3. The molecule has 0 bridgehead atoms. The Kier molecular flexibility index (Phi) is 11.6. The Morgan fingerprint density at radius 2 is 1.06 bits per heavy atom. The summed E-state index contributed by atoms with van der Waals surface area (Å²) in [5.74, 6) is -2.06. The number of nitrogens with zero attached hydrogens (tertiary/aromatic N) is 1. The molecule has 0 fully saturated rings. The van der Waals surface area contributed by atoms with Crippen LogP contribution in [-0.2, 0) is 28.9 Å². The van der Waals surface area contributed by atoms with Gasteiger partial charge in [-0.3, -0.25) is 14.4 Å². The van der Waals surface area contributed by atoms with Gasteiger partial charge in [-0.05, 0) is 0 Å². The largest absolute Gasteiger partial charge is 1.00 e. The van der Waals surface area contributed by atoms with Crippen LogP contribution in [0.5, 0.6) is 0 Å². The zero-order chi connectivity index (χ0) is 12.6. The van der Waals surface area contributed by atoms with Crippen molar-refractivity contribution in [3.63, 3.8) is 0 Å². The van der Waals surface area contributed by atoms with Crippen molar-refractivity contribution in [2.24, 2.45) is 0 Å². The summed E-state index contributed by atoms with van der Waals surface area (Å²) in [5.41, 5.74) is 0. The molecule has 0 N–H and O–H groups in total. The van der Waals surface area contributed by atoms with E-state index in [1.807, 2.05) is 0 Å². The molecule has 0 rings (SSSR count). The van der Waals surface area contributed by atoms with Crippen LogP contribution >= 0.6 is 0 Å². The summed E-state index contributed by atoms with van der Waals surface area (Å²) in [6, 6.07) is 0. The summed E-state index contributed by atoms with van der Waals surface area (Å²) in [7, 11) is 0. The van der Waals surface area contributed by atoms with E-state index >= 15 is 0 Å². The SMILES string of the molecule is CCC(=O)ON(OC(=O)CC)OC(=O)CC.[H-].[Na+]. The van der Waals surface area contributed by atoms with Gasteiger partial charge in [0, 0.05) is 19.3 Å². The van der Waals surface area contributed by atoms with Gasteiger partial charge < -0.3 is 15.9 Å². The molecule has 0 aromatic rings. The van der Waals surface area contributed by atoms with Gasteiger partial charge in [-0.15, -0.1) is 0 Å². The molecule has 0 aromatic heterocycles. The Balaban J connectivity index is -0.00000112. The fourth-order valence-corrected chi connectivity index (χ4v) is 0.499. The van der Waals surface area contributed by atoms with Gasteiger partial charge in [-0.1, -0.05) is 20.8 Å². The van der Waals surface area contributed by atoms with Crippen molar-refractivity contribution >= 4 is 17.9 Å². The van der Waals surface area contributed by atoms with Crippen LogP contribution in [0.15, 0.2) is 0 Å². The molecule has 0 aliphatic rings. The fourth-order valence-electron chi connectivity index (χ4n) is 0.499. The third-order valence-electron chi connectivity index (χ3n) is 1.40. The van der Waals surface area contributed by atoms with Gasteiger partial charge in [0.1, 0.15) is 0 Å². The number of hydrogen-bond donors (Lipinski definition) is 0. The maximum atomic E-state index is 10.9. The molecule has 0 radical (unpaired) electrons. The molecule has 0 saturated heterocycles. The van der Waals surface area contributed by atoms with Crippen molar-refractivity contribution in [2.45, 2.75) is 40.0 Å². The van der Waals surface area contributed by atoms with Crippen molar-refractivity contribution < 1.29 is 59.9 Å². The molecule has 94 valence electrons. The van der Waals surface area contributed by atoms with Crippen molar-refractivity contribution in [3.05, 3.63) is 0 Å². The first kappa shape index (κ1) is 18.7. The van der Waals surface area contributed by atoms with E-state index in [1.54, 1.807) is 20.8 Å². The number of rotatable bonds is 6. The second-order valence-corrected chi connectivity index (χ2v) is 2.67. The Morgan fingerprint density at radius 3 is 1.24 bits per heavy atom. The molecule has 0 heterocycles. The number of carbonyl (C=O) groups excluding carboxylic acids is 3. The average molecular weight is 257 g/mol. The van der Waals surface area contributed by atoms with Crippen LogP contribution < -0.4 is 29.6 Å². The standard InChI is InChI=1S/C9H15NO6.Na.H/c1-4-7(11)14-10(15-8(12)5-2)16-9(13)6-3;;/h4-6H2,1-3H3;;/q;+1;-1. The van der Waals surface area contributed by atoms with Crippen LogP contribution in [0.3, 0.4) is 0 Å². The molecule has 0 atom stereocenters. The molecule has 0 amide bonds. The molecule has 0 spiro atoms. The van der Waals surface area contributed by atoms with Crippen molar-refractivity contribution in [3.8, 4) is 0 Å². The summed E-state index contributed by atoms with van der Waals surface area (Å²) in [6.45, 7) is 4.64. The van der Waals surface area contributed by atoms with Crippen LogP contribution in [0, 0.1) is 0 Å². The Morgan fingerprint density at radius 1 is 0.824 bits per heavy atom. The zero-order valence-electron chi connectivity index (χ0n) is 11.5. The Hall–Kier alpha value is -0.630. The summed E-state index contributed by atoms with van der Waals surface area (Å²) >= 11 is 0. The normalized spacial score (nSPS) is 9.18. The molecular weight excluding hydrogens is 241 g/mol. The van der Waals surface area contributed by atoms with Gasteiger partial charge >= 0.3 is 47.5 Å². The van der Waals surface area contributed by atoms with Crippen molar-refractivity contribution in [1.82, 2.24) is 5.39 Å². The van der Waals surface area contributed by atoms with Gasteiger partial charge in [0.15, 0.2) is 0 Å². The number of hydrogen-bond acceptors (Lipinski definition) is 7.